The van der Waals surface area contributed by atoms with Gasteiger partial charge in [0.2, 0.25) is 0 Å². The lowest BCUT2D eigenvalue weighted by Gasteiger charge is -2.32. The van der Waals surface area contributed by atoms with Gasteiger partial charge in [0.1, 0.15) is 17.6 Å². The molecule has 2 heterocycles. The third kappa shape index (κ3) is 5.36. The van der Waals surface area contributed by atoms with Crippen molar-refractivity contribution in [2.24, 2.45) is 10.9 Å². The van der Waals surface area contributed by atoms with Crippen LogP contribution in [0, 0.1) is 5.92 Å². The Kier molecular flexibility index (Phi) is 7.53. The number of aliphatic imine (C=N–C) groups is 1. The fraction of sp³-hybridized carbons (Fsp3) is 0.500. The summed E-state index contributed by atoms with van der Waals surface area (Å²) in [4.78, 5) is 4.43. The highest BCUT2D eigenvalue weighted by Crippen LogP contribution is 2.35. The quantitative estimate of drug-likeness (QED) is 0.501. The predicted octanol–water partition coefficient (Wildman–Crippen LogP) is 4.24. The van der Waals surface area contributed by atoms with E-state index in [4.69, 9.17) is 14.2 Å². The SMILES string of the molecule is CCOc1cc2c(cc1CNC(=NC)NCC1CCCOC1c1ccccc1)OC(C)C2. The highest BCUT2D eigenvalue weighted by Gasteiger charge is 2.27. The lowest BCUT2D eigenvalue weighted by Crippen LogP contribution is -2.41. The van der Waals surface area contributed by atoms with E-state index in [9.17, 15) is 0 Å². The normalized spacial score (nSPS) is 22.7. The Morgan fingerprint density at radius 2 is 2.03 bits per heavy atom. The van der Waals surface area contributed by atoms with E-state index in [2.05, 4.69) is 58.9 Å². The van der Waals surface area contributed by atoms with E-state index in [0.29, 0.717) is 19.1 Å². The molecule has 3 unspecified atom stereocenters. The molecule has 1 saturated heterocycles. The summed E-state index contributed by atoms with van der Waals surface area (Å²) < 4.78 is 18.0. The summed E-state index contributed by atoms with van der Waals surface area (Å²) >= 11 is 0. The largest absolute Gasteiger partial charge is 0.494 e. The Morgan fingerprint density at radius 1 is 1.19 bits per heavy atom. The highest BCUT2D eigenvalue weighted by molar-refractivity contribution is 5.79. The number of fused-ring (bicyclic) bond motifs is 1. The fourth-order valence-corrected chi connectivity index (χ4v) is 4.60. The highest BCUT2D eigenvalue weighted by atomic mass is 16.5. The zero-order chi connectivity index (χ0) is 22.3. The first kappa shape index (κ1) is 22.5. The first-order valence-electron chi connectivity index (χ1n) is 11.7. The molecule has 0 bridgehead atoms. The second-order valence-electron chi connectivity index (χ2n) is 8.54. The van der Waals surface area contributed by atoms with Gasteiger partial charge in [0.15, 0.2) is 5.96 Å². The van der Waals surface area contributed by atoms with Crippen LogP contribution in [0.1, 0.15) is 49.5 Å². The number of hydrogen-bond donors (Lipinski definition) is 2. The molecule has 0 aliphatic carbocycles. The Balaban J connectivity index is 1.38. The molecule has 2 aromatic carbocycles. The van der Waals surface area contributed by atoms with Crippen LogP contribution in [0.5, 0.6) is 11.5 Å². The van der Waals surface area contributed by atoms with Gasteiger partial charge in [-0.15, -0.1) is 0 Å². The van der Waals surface area contributed by atoms with Crippen molar-refractivity contribution in [1.29, 1.82) is 0 Å². The fourth-order valence-electron chi connectivity index (χ4n) is 4.60. The summed E-state index contributed by atoms with van der Waals surface area (Å²) in [5.41, 5.74) is 3.54. The molecule has 0 amide bonds. The van der Waals surface area contributed by atoms with Gasteiger partial charge in [0, 0.05) is 50.2 Å². The summed E-state index contributed by atoms with van der Waals surface area (Å²) in [6.07, 6.45) is 3.49. The summed E-state index contributed by atoms with van der Waals surface area (Å²) in [5.74, 6) is 3.06. The van der Waals surface area contributed by atoms with Crippen LogP contribution in [0.25, 0.3) is 0 Å². The van der Waals surface area contributed by atoms with Gasteiger partial charge in [0.25, 0.3) is 0 Å². The minimum atomic E-state index is 0.121. The average molecular weight is 438 g/mol. The van der Waals surface area contributed by atoms with Gasteiger partial charge in [-0.1, -0.05) is 30.3 Å². The second kappa shape index (κ2) is 10.7. The smallest absolute Gasteiger partial charge is 0.191 e. The number of guanidine groups is 1. The molecule has 2 aliphatic heterocycles. The molecule has 1 fully saturated rings. The van der Waals surface area contributed by atoms with Gasteiger partial charge in [-0.25, -0.2) is 0 Å². The van der Waals surface area contributed by atoms with Crippen molar-refractivity contribution in [3.8, 4) is 11.5 Å². The van der Waals surface area contributed by atoms with Gasteiger partial charge < -0.3 is 24.8 Å². The van der Waals surface area contributed by atoms with E-state index >= 15 is 0 Å². The van der Waals surface area contributed by atoms with Crippen LogP contribution in [-0.4, -0.2) is 38.9 Å². The molecule has 2 N–H and O–H groups in total. The molecular weight excluding hydrogens is 402 g/mol. The Bertz CT molecular complexity index is 916. The molecule has 4 rings (SSSR count). The topological polar surface area (TPSA) is 64.1 Å². The van der Waals surface area contributed by atoms with E-state index in [0.717, 1.165) is 55.4 Å². The molecular formula is C26H35N3O3. The third-order valence-corrected chi connectivity index (χ3v) is 6.15. The van der Waals surface area contributed by atoms with Crippen LogP contribution in [0.4, 0.5) is 0 Å². The summed E-state index contributed by atoms with van der Waals surface area (Å²) in [6, 6.07) is 14.7. The minimum Gasteiger partial charge on any atom is -0.494 e. The van der Waals surface area contributed by atoms with Crippen molar-refractivity contribution >= 4 is 5.96 Å². The first-order valence-corrected chi connectivity index (χ1v) is 11.7. The van der Waals surface area contributed by atoms with Gasteiger partial charge in [-0.05, 0) is 44.4 Å². The maximum absolute atomic E-state index is 6.14. The van der Waals surface area contributed by atoms with Gasteiger partial charge in [-0.3, -0.25) is 4.99 Å². The molecule has 0 radical (unpaired) electrons. The minimum absolute atomic E-state index is 0.121. The van der Waals surface area contributed by atoms with Gasteiger partial charge >= 0.3 is 0 Å². The molecule has 0 saturated carbocycles. The summed E-state index contributed by atoms with van der Waals surface area (Å²) in [5, 5.41) is 6.95. The molecule has 3 atom stereocenters. The van der Waals surface area contributed by atoms with Crippen molar-refractivity contribution in [3.63, 3.8) is 0 Å². The molecule has 172 valence electrons. The molecule has 6 heteroatoms. The molecule has 6 nitrogen and oxygen atoms in total. The predicted molar refractivity (Wildman–Crippen MR) is 127 cm³/mol. The van der Waals surface area contributed by atoms with Crippen LogP contribution < -0.4 is 20.1 Å². The molecule has 2 aliphatic rings. The summed E-state index contributed by atoms with van der Waals surface area (Å²) in [6.45, 7) is 6.99. The summed E-state index contributed by atoms with van der Waals surface area (Å²) in [7, 11) is 1.80. The van der Waals surface area contributed by atoms with E-state index in [1.807, 2.05) is 13.0 Å². The molecule has 0 spiro atoms. The number of hydrogen-bond acceptors (Lipinski definition) is 4. The number of nitrogens with zero attached hydrogens (tertiary/aromatic N) is 1. The average Bonchev–Trinajstić information content (AvgIpc) is 3.19. The first-order chi connectivity index (χ1) is 15.7. The Hall–Kier alpha value is -2.73. The van der Waals surface area contributed by atoms with Crippen LogP contribution >= 0.6 is 0 Å². The van der Waals surface area contributed by atoms with Crippen molar-refractivity contribution < 1.29 is 14.2 Å². The van der Waals surface area contributed by atoms with Gasteiger partial charge in [-0.2, -0.15) is 0 Å². The maximum Gasteiger partial charge on any atom is 0.191 e. The molecule has 0 aromatic heterocycles. The van der Waals surface area contributed by atoms with E-state index in [1.54, 1.807) is 7.05 Å². The number of benzene rings is 2. The van der Waals surface area contributed by atoms with Crippen molar-refractivity contribution in [2.75, 3.05) is 26.8 Å². The zero-order valence-corrected chi connectivity index (χ0v) is 19.4. The number of ether oxygens (including phenoxy) is 3. The van der Waals surface area contributed by atoms with Crippen LogP contribution in [-0.2, 0) is 17.7 Å². The van der Waals surface area contributed by atoms with E-state index in [1.165, 1.54) is 11.1 Å². The maximum atomic E-state index is 6.14. The van der Waals surface area contributed by atoms with Gasteiger partial charge in [0.05, 0.1) is 12.7 Å². The third-order valence-electron chi connectivity index (χ3n) is 6.15. The standard InChI is InChI=1S/C26H35N3O3/c1-4-30-23-14-21-13-18(2)32-24(21)15-22(23)17-29-26(27-3)28-16-20-11-8-12-31-25(20)19-9-6-5-7-10-19/h5-7,9-10,14-15,18,20,25H,4,8,11-13,16-17H2,1-3H3,(H2,27,28,29). The monoisotopic (exact) mass is 437 g/mol. The second-order valence-corrected chi connectivity index (χ2v) is 8.54. The van der Waals surface area contributed by atoms with Crippen LogP contribution in [0.2, 0.25) is 0 Å². The lowest BCUT2D eigenvalue weighted by atomic mass is 9.89. The van der Waals surface area contributed by atoms with E-state index < -0.39 is 0 Å². The number of rotatable bonds is 7. The van der Waals surface area contributed by atoms with Crippen LogP contribution in [0.3, 0.4) is 0 Å². The van der Waals surface area contributed by atoms with Crippen molar-refractivity contribution in [3.05, 3.63) is 59.2 Å². The van der Waals surface area contributed by atoms with Crippen molar-refractivity contribution in [2.45, 2.75) is 51.9 Å². The number of nitrogens with one attached hydrogen (secondary N) is 2. The Labute approximate surface area is 191 Å². The van der Waals surface area contributed by atoms with Crippen LogP contribution in [0.15, 0.2) is 47.5 Å². The lowest BCUT2D eigenvalue weighted by molar-refractivity contribution is -0.0265. The van der Waals surface area contributed by atoms with Crippen molar-refractivity contribution in [1.82, 2.24) is 10.6 Å². The molecule has 32 heavy (non-hydrogen) atoms. The molecule has 2 aromatic rings. The zero-order valence-electron chi connectivity index (χ0n) is 19.4. The van der Waals surface area contributed by atoms with E-state index in [-0.39, 0.29) is 12.2 Å². The Morgan fingerprint density at radius 3 is 2.81 bits per heavy atom.